The number of carbonyl (C=O) groups excluding carboxylic acids is 3. The number of hydrogen-bond donors (Lipinski definition) is 2. The molecule has 2 N–H and O–H groups in total. The summed E-state index contributed by atoms with van der Waals surface area (Å²) in [4.78, 5) is 39.0. The number of hydrogen-bond acceptors (Lipinski definition) is 6. The van der Waals surface area contributed by atoms with E-state index in [-0.39, 0.29) is 29.6 Å². The molecule has 34 heavy (non-hydrogen) atoms. The van der Waals surface area contributed by atoms with Crippen molar-refractivity contribution in [2.24, 2.45) is 5.92 Å². The summed E-state index contributed by atoms with van der Waals surface area (Å²) in [5.74, 6) is -0.523. The second kappa shape index (κ2) is 10.1. The van der Waals surface area contributed by atoms with Crippen LogP contribution in [0.4, 0.5) is 16.5 Å². The Labute approximate surface area is 202 Å². The number of nitrogens with one attached hydrogen (secondary N) is 2. The van der Waals surface area contributed by atoms with Crippen molar-refractivity contribution in [3.63, 3.8) is 0 Å². The van der Waals surface area contributed by atoms with E-state index in [4.69, 9.17) is 0 Å². The highest BCUT2D eigenvalue weighted by Gasteiger charge is 2.34. The highest BCUT2D eigenvalue weighted by molar-refractivity contribution is 7.15. The zero-order valence-electron chi connectivity index (χ0n) is 19.4. The van der Waals surface area contributed by atoms with Crippen molar-refractivity contribution in [1.82, 2.24) is 10.2 Å². The summed E-state index contributed by atoms with van der Waals surface area (Å²) in [6.07, 6.45) is 1.22. The van der Waals surface area contributed by atoms with Crippen LogP contribution in [0.1, 0.15) is 54.0 Å². The van der Waals surface area contributed by atoms with Gasteiger partial charge in [-0.2, -0.15) is 0 Å². The van der Waals surface area contributed by atoms with Crippen molar-refractivity contribution in [3.05, 3.63) is 64.7 Å². The molecule has 2 heterocycles. The number of para-hydroxylation sites is 1. The number of aryl methyl sites for hydroxylation is 1. The Morgan fingerprint density at radius 3 is 2.53 bits per heavy atom. The Bertz CT molecular complexity index is 1210. The molecule has 2 aromatic carbocycles. The Morgan fingerprint density at radius 2 is 1.82 bits per heavy atom. The van der Waals surface area contributed by atoms with Gasteiger partial charge in [0.1, 0.15) is 5.01 Å². The minimum atomic E-state index is -0.314. The van der Waals surface area contributed by atoms with Gasteiger partial charge in [0.25, 0.3) is 5.91 Å². The van der Waals surface area contributed by atoms with E-state index in [1.54, 1.807) is 24.3 Å². The summed E-state index contributed by atoms with van der Waals surface area (Å²) in [5, 5.41) is 15.0. The number of amides is 3. The summed E-state index contributed by atoms with van der Waals surface area (Å²) < 4.78 is 0. The lowest BCUT2D eigenvalue weighted by molar-refractivity contribution is -0.119. The smallest absolute Gasteiger partial charge is 0.257 e. The lowest BCUT2D eigenvalue weighted by Gasteiger charge is -2.19. The van der Waals surface area contributed by atoms with Gasteiger partial charge in [-0.25, -0.2) is 0 Å². The number of carbonyl (C=O) groups is 3. The molecule has 1 saturated heterocycles. The second-order valence-electron chi connectivity index (χ2n) is 8.51. The maximum Gasteiger partial charge on any atom is 0.257 e. The molecule has 8 nitrogen and oxygen atoms in total. The molecule has 1 aliphatic heterocycles. The molecular formula is C25H27N5O3S. The fourth-order valence-electron chi connectivity index (χ4n) is 3.79. The minimum absolute atomic E-state index is 0.0654. The first kappa shape index (κ1) is 23.6. The Hall–Kier alpha value is -3.59. The standard InChI is InChI=1S/C25H27N5O3S/c1-4-16-7-5-6-8-20(16)30-14-18(13-21(30)31)24-28-29-25(34-24)27-23(33)17-9-11-19(12-10-17)26-22(32)15(2)3/h5-12,15,18H,4,13-14H2,1-3H3,(H,26,32)(H,27,29,33)/t18-/m1/s1. The van der Waals surface area contributed by atoms with Crippen LogP contribution in [0, 0.1) is 5.92 Å². The molecule has 1 atom stereocenters. The molecule has 3 aromatic rings. The van der Waals surface area contributed by atoms with E-state index in [0.29, 0.717) is 29.3 Å². The molecule has 0 radical (unpaired) electrons. The van der Waals surface area contributed by atoms with Crippen molar-refractivity contribution < 1.29 is 14.4 Å². The third kappa shape index (κ3) is 5.14. The molecule has 3 amide bonds. The molecule has 176 valence electrons. The summed E-state index contributed by atoms with van der Waals surface area (Å²) in [7, 11) is 0. The highest BCUT2D eigenvalue weighted by Crippen LogP contribution is 2.35. The largest absolute Gasteiger partial charge is 0.326 e. The lowest BCUT2D eigenvalue weighted by atomic mass is 10.1. The molecule has 0 unspecified atom stereocenters. The monoisotopic (exact) mass is 477 g/mol. The van der Waals surface area contributed by atoms with Crippen LogP contribution in [0.3, 0.4) is 0 Å². The molecule has 1 fully saturated rings. The molecule has 0 bridgehead atoms. The van der Waals surface area contributed by atoms with E-state index < -0.39 is 0 Å². The van der Waals surface area contributed by atoms with Gasteiger partial charge in [-0.1, -0.05) is 50.3 Å². The topological polar surface area (TPSA) is 104 Å². The summed E-state index contributed by atoms with van der Waals surface area (Å²) >= 11 is 1.29. The van der Waals surface area contributed by atoms with Crippen LogP contribution in [0.25, 0.3) is 0 Å². The van der Waals surface area contributed by atoms with Crippen LogP contribution >= 0.6 is 11.3 Å². The molecule has 4 rings (SSSR count). The van der Waals surface area contributed by atoms with Crippen LogP contribution in [0.5, 0.6) is 0 Å². The van der Waals surface area contributed by atoms with E-state index in [0.717, 1.165) is 22.7 Å². The van der Waals surface area contributed by atoms with Gasteiger partial charge in [0, 0.05) is 41.7 Å². The molecule has 9 heteroatoms. The Morgan fingerprint density at radius 1 is 1.09 bits per heavy atom. The highest BCUT2D eigenvalue weighted by atomic mass is 32.1. The quantitative estimate of drug-likeness (QED) is 0.523. The average Bonchev–Trinajstić information content (AvgIpc) is 3.45. The minimum Gasteiger partial charge on any atom is -0.326 e. The van der Waals surface area contributed by atoms with E-state index in [1.165, 1.54) is 11.3 Å². The van der Waals surface area contributed by atoms with E-state index in [1.807, 2.05) is 43.0 Å². The van der Waals surface area contributed by atoms with Gasteiger partial charge >= 0.3 is 0 Å². The molecular weight excluding hydrogens is 450 g/mol. The fraction of sp³-hybridized carbons (Fsp3) is 0.320. The maximum absolute atomic E-state index is 12.7. The zero-order chi connectivity index (χ0) is 24.2. The first-order valence-electron chi connectivity index (χ1n) is 11.3. The predicted molar refractivity (Wildman–Crippen MR) is 133 cm³/mol. The SMILES string of the molecule is CCc1ccccc1N1C[C@H](c2nnc(NC(=O)c3ccc(NC(=O)C(C)C)cc3)s2)CC1=O. The van der Waals surface area contributed by atoms with Crippen molar-refractivity contribution in [3.8, 4) is 0 Å². The van der Waals surface area contributed by atoms with Crippen LogP contribution in [-0.4, -0.2) is 34.5 Å². The van der Waals surface area contributed by atoms with Crippen LogP contribution in [0.15, 0.2) is 48.5 Å². The maximum atomic E-state index is 12.7. The average molecular weight is 478 g/mol. The van der Waals surface area contributed by atoms with E-state index in [2.05, 4.69) is 27.8 Å². The van der Waals surface area contributed by atoms with Crippen LogP contribution < -0.4 is 15.5 Å². The normalized spacial score (nSPS) is 15.6. The van der Waals surface area contributed by atoms with Crippen molar-refractivity contribution in [2.45, 2.75) is 39.5 Å². The summed E-state index contributed by atoms with van der Waals surface area (Å²) in [6.45, 7) is 6.25. The van der Waals surface area contributed by atoms with Gasteiger partial charge in [0.05, 0.1) is 0 Å². The number of rotatable bonds is 7. The first-order chi connectivity index (χ1) is 16.4. The number of benzene rings is 2. The molecule has 0 saturated carbocycles. The van der Waals surface area contributed by atoms with E-state index >= 15 is 0 Å². The van der Waals surface area contributed by atoms with Gasteiger partial charge in [-0.3, -0.25) is 19.7 Å². The van der Waals surface area contributed by atoms with Crippen molar-refractivity contribution >= 4 is 45.6 Å². The van der Waals surface area contributed by atoms with Crippen LogP contribution in [-0.2, 0) is 16.0 Å². The zero-order valence-corrected chi connectivity index (χ0v) is 20.2. The number of nitrogens with zero attached hydrogens (tertiary/aromatic N) is 3. The van der Waals surface area contributed by atoms with Crippen molar-refractivity contribution in [2.75, 3.05) is 22.1 Å². The molecule has 0 aliphatic carbocycles. The van der Waals surface area contributed by atoms with Gasteiger partial charge < -0.3 is 10.2 Å². The van der Waals surface area contributed by atoms with Gasteiger partial charge in [-0.15, -0.1) is 10.2 Å². The van der Waals surface area contributed by atoms with Crippen LogP contribution in [0.2, 0.25) is 0 Å². The predicted octanol–water partition coefficient (Wildman–Crippen LogP) is 4.47. The number of anilines is 3. The Balaban J connectivity index is 1.39. The van der Waals surface area contributed by atoms with Gasteiger partial charge in [-0.05, 0) is 42.3 Å². The summed E-state index contributed by atoms with van der Waals surface area (Å²) in [6, 6.07) is 14.6. The van der Waals surface area contributed by atoms with Gasteiger partial charge in [0.2, 0.25) is 16.9 Å². The molecule has 0 spiro atoms. The molecule has 1 aliphatic rings. The Kier molecular flexibility index (Phi) is 7.02. The fourth-order valence-corrected chi connectivity index (χ4v) is 4.62. The second-order valence-corrected chi connectivity index (χ2v) is 9.52. The lowest BCUT2D eigenvalue weighted by Crippen LogP contribution is -2.25. The summed E-state index contributed by atoms with van der Waals surface area (Å²) in [5.41, 5.74) is 3.16. The van der Waals surface area contributed by atoms with E-state index in [9.17, 15) is 14.4 Å². The third-order valence-corrected chi connectivity index (χ3v) is 6.74. The molecule has 1 aromatic heterocycles. The first-order valence-corrected chi connectivity index (χ1v) is 12.1. The van der Waals surface area contributed by atoms with Crippen molar-refractivity contribution in [1.29, 1.82) is 0 Å². The third-order valence-electron chi connectivity index (χ3n) is 5.74. The number of aromatic nitrogens is 2. The van der Waals surface area contributed by atoms with Gasteiger partial charge in [0.15, 0.2) is 0 Å².